The van der Waals surface area contributed by atoms with Gasteiger partial charge in [-0.2, -0.15) is 0 Å². The zero-order chi connectivity index (χ0) is 14.5. The van der Waals surface area contributed by atoms with Crippen LogP contribution in [0.25, 0.3) is 0 Å². The molecule has 20 heavy (non-hydrogen) atoms. The first-order valence-corrected chi connectivity index (χ1v) is 6.90. The van der Waals surface area contributed by atoms with Crippen molar-refractivity contribution >= 4 is 11.8 Å². The lowest BCUT2D eigenvalue weighted by molar-refractivity contribution is -0.128. The normalized spacial score (nSPS) is 18.4. The van der Waals surface area contributed by atoms with E-state index < -0.39 is 0 Å². The molecule has 2 rings (SSSR count). The Labute approximate surface area is 118 Å². The number of carbonyl (C=O) groups excluding carboxylic acids is 2. The number of hydrogen-bond donors (Lipinski definition) is 1. The first kappa shape index (κ1) is 14.5. The molecule has 0 unspecified atom stereocenters. The van der Waals surface area contributed by atoms with Gasteiger partial charge in [0.2, 0.25) is 11.8 Å². The average Bonchev–Trinajstić information content (AvgIpc) is 2.82. The summed E-state index contributed by atoms with van der Waals surface area (Å²) < 4.78 is 13.4. The maximum atomic E-state index is 13.4. The van der Waals surface area contributed by atoms with Crippen molar-refractivity contribution in [3.8, 4) is 0 Å². The predicted octanol–water partition coefficient (Wildman–Crippen LogP) is 1.35. The molecular weight excluding hydrogens is 259 g/mol. The van der Waals surface area contributed by atoms with Crippen LogP contribution in [-0.2, 0) is 16.0 Å². The van der Waals surface area contributed by atoms with Gasteiger partial charge in [0.25, 0.3) is 0 Å². The molecule has 1 aliphatic rings. The zero-order valence-corrected chi connectivity index (χ0v) is 11.6. The third-order valence-electron chi connectivity index (χ3n) is 3.62. The van der Waals surface area contributed by atoms with Gasteiger partial charge in [0, 0.05) is 26.1 Å². The third kappa shape index (κ3) is 3.35. The molecule has 1 heterocycles. The van der Waals surface area contributed by atoms with Crippen LogP contribution in [0.4, 0.5) is 4.39 Å². The highest BCUT2D eigenvalue weighted by atomic mass is 19.1. The maximum absolute atomic E-state index is 13.4. The van der Waals surface area contributed by atoms with E-state index >= 15 is 0 Å². The van der Waals surface area contributed by atoms with E-state index in [9.17, 15) is 14.0 Å². The second kappa shape index (κ2) is 6.50. The van der Waals surface area contributed by atoms with Crippen LogP contribution in [0.1, 0.15) is 18.9 Å². The number of hydrogen-bond acceptors (Lipinski definition) is 2. The molecular formula is C15H19FN2O2. The van der Waals surface area contributed by atoms with E-state index in [1.165, 1.54) is 6.07 Å². The number of rotatable bonds is 5. The summed E-state index contributed by atoms with van der Waals surface area (Å²) in [4.78, 5) is 25.2. The molecule has 1 aromatic carbocycles. The van der Waals surface area contributed by atoms with Crippen molar-refractivity contribution < 1.29 is 14.0 Å². The molecule has 0 saturated carbocycles. The molecule has 0 radical (unpaired) electrons. The Morgan fingerprint density at radius 1 is 1.45 bits per heavy atom. The van der Waals surface area contributed by atoms with Crippen LogP contribution in [0.2, 0.25) is 0 Å². The van der Waals surface area contributed by atoms with E-state index in [4.69, 9.17) is 0 Å². The van der Waals surface area contributed by atoms with Gasteiger partial charge in [-0.05, 0) is 25.0 Å². The molecule has 1 saturated heterocycles. The minimum atomic E-state index is -0.275. The number of carbonyl (C=O) groups is 2. The van der Waals surface area contributed by atoms with Crippen molar-refractivity contribution in [2.24, 2.45) is 5.92 Å². The van der Waals surface area contributed by atoms with Gasteiger partial charge in [0.1, 0.15) is 5.82 Å². The molecule has 0 aliphatic carbocycles. The standard InChI is InChI=1S/C15H19FN2O2/c1-2-18-10-12(9-14(18)19)15(20)17-8-7-11-5-3-4-6-13(11)16/h3-6,12H,2,7-10H2,1H3,(H,17,20)/t12-/m0/s1. The maximum Gasteiger partial charge on any atom is 0.225 e. The SMILES string of the molecule is CCN1C[C@@H](C(=O)NCCc2ccccc2F)CC1=O. The van der Waals surface area contributed by atoms with E-state index in [-0.39, 0.29) is 30.0 Å². The minimum absolute atomic E-state index is 0.0294. The van der Waals surface area contributed by atoms with Crippen molar-refractivity contribution in [1.82, 2.24) is 10.2 Å². The monoisotopic (exact) mass is 278 g/mol. The van der Waals surface area contributed by atoms with Gasteiger partial charge < -0.3 is 10.2 Å². The van der Waals surface area contributed by atoms with Gasteiger partial charge in [-0.25, -0.2) is 4.39 Å². The highest BCUT2D eigenvalue weighted by Gasteiger charge is 2.32. The van der Waals surface area contributed by atoms with Gasteiger partial charge in [0.05, 0.1) is 5.92 Å². The summed E-state index contributed by atoms with van der Waals surface area (Å²) in [5.41, 5.74) is 0.588. The molecule has 1 N–H and O–H groups in total. The van der Waals surface area contributed by atoms with Gasteiger partial charge in [-0.1, -0.05) is 18.2 Å². The summed E-state index contributed by atoms with van der Waals surface area (Å²) in [5.74, 6) is -0.620. The van der Waals surface area contributed by atoms with E-state index in [0.717, 1.165) is 0 Å². The fourth-order valence-electron chi connectivity index (χ4n) is 2.42. The largest absolute Gasteiger partial charge is 0.355 e. The van der Waals surface area contributed by atoms with Gasteiger partial charge in [-0.15, -0.1) is 0 Å². The number of benzene rings is 1. The predicted molar refractivity (Wildman–Crippen MR) is 73.5 cm³/mol. The van der Waals surface area contributed by atoms with Crippen LogP contribution >= 0.6 is 0 Å². The van der Waals surface area contributed by atoms with Crippen molar-refractivity contribution in [3.63, 3.8) is 0 Å². The van der Waals surface area contributed by atoms with Crippen LogP contribution in [0.3, 0.4) is 0 Å². The number of nitrogens with zero attached hydrogens (tertiary/aromatic N) is 1. The average molecular weight is 278 g/mol. The summed E-state index contributed by atoms with van der Waals surface area (Å²) in [6, 6.07) is 6.53. The molecule has 1 aliphatic heterocycles. The molecule has 4 nitrogen and oxygen atoms in total. The van der Waals surface area contributed by atoms with Gasteiger partial charge >= 0.3 is 0 Å². The Morgan fingerprint density at radius 3 is 2.85 bits per heavy atom. The first-order chi connectivity index (χ1) is 9.61. The van der Waals surface area contributed by atoms with Crippen LogP contribution in [0.5, 0.6) is 0 Å². The molecule has 1 atom stereocenters. The molecule has 1 fully saturated rings. The zero-order valence-electron chi connectivity index (χ0n) is 11.6. The second-order valence-corrected chi connectivity index (χ2v) is 4.97. The van der Waals surface area contributed by atoms with Crippen molar-refractivity contribution in [2.45, 2.75) is 19.8 Å². The summed E-state index contributed by atoms with van der Waals surface area (Å²) in [6.45, 7) is 3.41. The van der Waals surface area contributed by atoms with E-state index in [2.05, 4.69) is 5.32 Å². The van der Waals surface area contributed by atoms with E-state index in [0.29, 0.717) is 31.6 Å². The molecule has 0 aromatic heterocycles. The molecule has 5 heteroatoms. The topological polar surface area (TPSA) is 49.4 Å². The summed E-state index contributed by atoms with van der Waals surface area (Å²) in [6.07, 6.45) is 0.732. The third-order valence-corrected chi connectivity index (χ3v) is 3.62. The summed E-state index contributed by atoms with van der Waals surface area (Å²) >= 11 is 0. The van der Waals surface area contributed by atoms with Crippen LogP contribution in [-0.4, -0.2) is 36.3 Å². The highest BCUT2D eigenvalue weighted by Crippen LogP contribution is 2.17. The van der Waals surface area contributed by atoms with Gasteiger partial charge in [0.15, 0.2) is 0 Å². The van der Waals surface area contributed by atoms with E-state index in [1.807, 2.05) is 6.92 Å². The molecule has 0 bridgehead atoms. The Morgan fingerprint density at radius 2 is 2.20 bits per heavy atom. The molecule has 1 aromatic rings. The minimum Gasteiger partial charge on any atom is -0.355 e. The smallest absolute Gasteiger partial charge is 0.225 e. The summed E-state index contributed by atoms with van der Waals surface area (Å²) in [5, 5.41) is 2.78. The lowest BCUT2D eigenvalue weighted by atomic mass is 10.1. The Balaban J connectivity index is 1.79. The Bertz CT molecular complexity index is 504. The number of amides is 2. The fourth-order valence-corrected chi connectivity index (χ4v) is 2.42. The van der Waals surface area contributed by atoms with Crippen molar-refractivity contribution in [2.75, 3.05) is 19.6 Å². The molecule has 2 amide bonds. The lowest BCUT2D eigenvalue weighted by Crippen LogP contribution is -2.34. The number of nitrogens with one attached hydrogen (secondary N) is 1. The van der Waals surface area contributed by atoms with Gasteiger partial charge in [-0.3, -0.25) is 9.59 Å². The van der Waals surface area contributed by atoms with E-state index in [1.54, 1.807) is 23.1 Å². The quantitative estimate of drug-likeness (QED) is 0.884. The Hall–Kier alpha value is -1.91. The molecule has 108 valence electrons. The lowest BCUT2D eigenvalue weighted by Gasteiger charge is -2.13. The van der Waals surface area contributed by atoms with Crippen molar-refractivity contribution in [1.29, 1.82) is 0 Å². The van der Waals surface area contributed by atoms with Crippen LogP contribution in [0.15, 0.2) is 24.3 Å². The Kier molecular flexibility index (Phi) is 4.71. The second-order valence-electron chi connectivity index (χ2n) is 4.97. The highest BCUT2D eigenvalue weighted by molar-refractivity contribution is 5.89. The fraction of sp³-hybridized carbons (Fsp3) is 0.467. The van der Waals surface area contributed by atoms with Crippen molar-refractivity contribution in [3.05, 3.63) is 35.6 Å². The number of likely N-dealkylation sites (tertiary alicyclic amines) is 1. The van der Waals surface area contributed by atoms with Crippen LogP contribution < -0.4 is 5.32 Å². The van der Waals surface area contributed by atoms with Crippen LogP contribution in [0, 0.1) is 11.7 Å². The summed E-state index contributed by atoms with van der Waals surface area (Å²) in [7, 11) is 0. The first-order valence-electron chi connectivity index (χ1n) is 6.90. The number of halogens is 1. The molecule has 0 spiro atoms.